The van der Waals surface area contributed by atoms with Gasteiger partial charge >= 0.3 is 12.0 Å². The summed E-state index contributed by atoms with van der Waals surface area (Å²) in [5.74, 6) is -2.42. The van der Waals surface area contributed by atoms with Gasteiger partial charge in [0, 0.05) is 27.1 Å². The zero-order valence-electron chi connectivity index (χ0n) is 18.8. The van der Waals surface area contributed by atoms with Gasteiger partial charge in [0.15, 0.2) is 0 Å². The number of barbiturate groups is 1. The number of nitrogens with zero attached hydrogens (tertiary/aromatic N) is 2. The fraction of sp³-hybridized carbons (Fsp3) is 0.0769. The molecule has 1 aliphatic heterocycles. The highest BCUT2D eigenvalue weighted by Crippen LogP contribution is 2.29. The first-order valence-corrected chi connectivity index (χ1v) is 11.6. The Morgan fingerprint density at radius 1 is 1.11 bits per heavy atom. The third-order valence-electron chi connectivity index (χ3n) is 5.82. The number of benzene rings is 2. The number of halogens is 1. The first kappa shape index (κ1) is 23.3. The van der Waals surface area contributed by atoms with E-state index in [4.69, 9.17) is 9.52 Å². The fourth-order valence-electron chi connectivity index (χ4n) is 4.17. The van der Waals surface area contributed by atoms with Crippen LogP contribution in [0.4, 0.5) is 10.5 Å². The molecular weight excluding hydrogens is 530 g/mol. The predicted molar refractivity (Wildman–Crippen MR) is 135 cm³/mol. The number of anilines is 1. The number of nitrogens with one attached hydrogen (secondary N) is 1. The molecule has 180 valence electrons. The van der Waals surface area contributed by atoms with Gasteiger partial charge < -0.3 is 14.1 Å². The van der Waals surface area contributed by atoms with Gasteiger partial charge in [0.05, 0.1) is 12.2 Å². The average molecular weight is 548 g/mol. The lowest BCUT2D eigenvalue weighted by Crippen LogP contribution is -2.54. The highest BCUT2D eigenvalue weighted by atomic mass is 79.9. The molecule has 3 heterocycles. The Hall–Kier alpha value is -4.44. The number of hydrogen-bond donors (Lipinski definition) is 2. The summed E-state index contributed by atoms with van der Waals surface area (Å²) in [5.41, 5.74) is 2.23. The highest BCUT2D eigenvalue weighted by Gasteiger charge is 2.37. The number of para-hydroxylation sites is 1. The van der Waals surface area contributed by atoms with E-state index in [1.54, 1.807) is 37.4 Å². The summed E-state index contributed by atoms with van der Waals surface area (Å²) in [7, 11) is 0. The number of rotatable bonds is 5. The van der Waals surface area contributed by atoms with Gasteiger partial charge in [0.25, 0.3) is 11.8 Å². The maximum Gasteiger partial charge on any atom is 0.371 e. The number of aryl methyl sites for hydroxylation is 1. The zero-order chi connectivity index (χ0) is 25.6. The number of aromatic carboxylic acids is 1. The Balaban J connectivity index is 1.56. The smallest absolute Gasteiger partial charge is 0.371 e. The summed E-state index contributed by atoms with van der Waals surface area (Å²) in [6.45, 7) is 2.00. The van der Waals surface area contributed by atoms with E-state index in [2.05, 4.69) is 21.2 Å². The predicted octanol–water partition coefficient (Wildman–Crippen LogP) is 4.72. The lowest BCUT2D eigenvalue weighted by molar-refractivity contribution is -0.122. The molecule has 0 radical (unpaired) electrons. The van der Waals surface area contributed by atoms with Crippen LogP contribution in [0.15, 0.2) is 75.3 Å². The molecular formula is C26H18BrN3O6. The molecule has 0 atom stereocenters. The second kappa shape index (κ2) is 8.97. The number of carboxylic acids is 1. The standard InChI is InChI=1S/C26H18BrN3O6/c1-14-10-16(27)6-8-20(14)30-24(32)19(23(31)28-26(30)35)11-15-12-29(21-5-3-2-4-18(15)21)13-17-7-9-22(36-17)25(33)34/h2-12H,13H2,1H3,(H,33,34)(H,28,31,35)/b19-11+. The van der Waals surface area contributed by atoms with Crippen LogP contribution in [-0.4, -0.2) is 33.5 Å². The van der Waals surface area contributed by atoms with Gasteiger partial charge in [-0.25, -0.2) is 14.5 Å². The molecule has 2 aromatic carbocycles. The molecule has 36 heavy (non-hydrogen) atoms. The molecule has 2 aromatic heterocycles. The summed E-state index contributed by atoms with van der Waals surface area (Å²) in [4.78, 5) is 50.8. The van der Waals surface area contributed by atoms with Gasteiger partial charge in [0.2, 0.25) is 5.76 Å². The lowest BCUT2D eigenvalue weighted by Gasteiger charge is -2.27. The number of furan rings is 1. The summed E-state index contributed by atoms with van der Waals surface area (Å²) < 4.78 is 8.01. The van der Waals surface area contributed by atoms with Crippen molar-refractivity contribution in [3.63, 3.8) is 0 Å². The minimum Gasteiger partial charge on any atom is -0.475 e. The monoisotopic (exact) mass is 547 g/mol. The van der Waals surface area contributed by atoms with Crippen LogP contribution in [0.2, 0.25) is 0 Å². The summed E-state index contributed by atoms with van der Waals surface area (Å²) >= 11 is 3.37. The Morgan fingerprint density at radius 3 is 2.61 bits per heavy atom. The van der Waals surface area contributed by atoms with Crippen molar-refractivity contribution < 1.29 is 28.7 Å². The molecule has 0 aliphatic carbocycles. The van der Waals surface area contributed by atoms with E-state index in [0.717, 1.165) is 20.3 Å². The SMILES string of the molecule is Cc1cc(Br)ccc1N1C(=O)NC(=O)/C(=C\c2cn(Cc3ccc(C(=O)O)o3)c3ccccc23)C1=O. The number of carboxylic acid groups (broad SMARTS) is 1. The van der Waals surface area contributed by atoms with E-state index in [1.165, 1.54) is 12.1 Å². The number of amides is 4. The summed E-state index contributed by atoms with van der Waals surface area (Å²) in [6.07, 6.45) is 3.20. The van der Waals surface area contributed by atoms with E-state index in [0.29, 0.717) is 22.6 Å². The molecule has 0 spiro atoms. The normalized spacial score (nSPS) is 15.1. The third kappa shape index (κ3) is 4.11. The number of carbonyl (C=O) groups is 4. The van der Waals surface area contributed by atoms with Crippen LogP contribution < -0.4 is 10.2 Å². The van der Waals surface area contributed by atoms with E-state index >= 15 is 0 Å². The Morgan fingerprint density at radius 2 is 1.89 bits per heavy atom. The van der Waals surface area contributed by atoms with Crippen molar-refractivity contribution >= 4 is 62.4 Å². The number of aromatic nitrogens is 1. The van der Waals surface area contributed by atoms with Crippen molar-refractivity contribution in [2.45, 2.75) is 13.5 Å². The lowest BCUT2D eigenvalue weighted by atomic mass is 10.1. The molecule has 0 bridgehead atoms. The Labute approximate surface area is 212 Å². The second-order valence-electron chi connectivity index (χ2n) is 8.19. The van der Waals surface area contributed by atoms with Gasteiger partial charge in [-0.15, -0.1) is 0 Å². The van der Waals surface area contributed by atoms with Crippen LogP contribution in [0.25, 0.3) is 17.0 Å². The molecule has 9 nitrogen and oxygen atoms in total. The van der Waals surface area contributed by atoms with Crippen molar-refractivity contribution in [1.82, 2.24) is 9.88 Å². The molecule has 1 aliphatic rings. The summed E-state index contributed by atoms with van der Waals surface area (Å²) in [5, 5.41) is 12.1. The molecule has 1 fully saturated rings. The Kier molecular flexibility index (Phi) is 5.81. The topological polar surface area (TPSA) is 122 Å². The Bertz CT molecular complexity index is 1610. The van der Waals surface area contributed by atoms with Gasteiger partial charge in [-0.2, -0.15) is 0 Å². The largest absolute Gasteiger partial charge is 0.475 e. The number of urea groups is 1. The maximum atomic E-state index is 13.4. The fourth-order valence-corrected chi connectivity index (χ4v) is 4.64. The van der Waals surface area contributed by atoms with Crippen molar-refractivity contribution in [3.05, 3.63) is 93.5 Å². The van der Waals surface area contributed by atoms with Crippen molar-refractivity contribution in [3.8, 4) is 0 Å². The van der Waals surface area contributed by atoms with Gasteiger partial charge in [0.1, 0.15) is 11.3 Å². The number of fused-ring (bicyclic) bond motifs is 1. The van der Waals surface area contributed by atoms with Gasteiger partial charge in [-0.3, -0.25) is 14.9 Å². The van der Waals surface area contributed by atoms with Crippen molar-refractivity contribution in [2.75, 3.05) is 4.90 Å². The zero-order valence-corrected chi connectivity index (χ0v) is 20.4. The van der Waals surface area contributed by atoms with Crippen LogP contribution >= 0.6 is 15.9 Å². The van der Waals surface area contributed by atoms with E-state index < -0.39 is 23.8 Å². The first-order chi connectivity index (χ1) is 17.2. The van der Waals surface area contributed by atoms with E-state index in [-0.39, 0.29) is 17.9 Å². The first-order valence-electron chi connectivity index (χ1n) is 10.8. The van der Waals surface area contributed by atoms with Crippen LogP contribution in [0, 0.1) is 6.92 Å². The number of carbonyl (C=O) groups excluding carboxylic acids is 3. The van der Waals surface area contributed by atoms with Crippen LogP contribution in [0.5, 0.6) is 0 Å². The molecule has 4 amide bonds. The second-order valence-corrected chi connectivity index (χ2v) is 9.10. The number of hydrogen-bond acceptors (Lipinski definition) is 5. The van der Waals surface area contributed by atoms with E-state index in [1.807, 2.05) is 28.8 Å². The summed E-state index contributed by atoms with van der Waals surface area (Å²) in [6, 6.07) is 14.6. The molecule has 2 N–H and O–H groups in total. The van der Waals surface area contributed by atoms with Crippen molar-refractivity contribution in [1.29, 1.82) is 0 Å². The molecule has 4 aromatic rings. The van der Waals surface area contributed by atoms with E-state index in [9.17, 15) is 19.2 Å². The minimum absolute atomic E-state index is 0.165. The average Bonchev–Trinajstić information content (AvgIpc) is 3.43. The van der Waals surface area contributed by atoms with Crippen LogP contribution in [0.3, 0.4) is 0 Å². The quantitative estimate of drug-likeness (QED) is 0.275. The highest BCUT2D eigenvalue weighted by molar-refractivity contribution is 9.10. The number of imide groups is 2. The van der Waals surface area contributed by atoms with Gasteiger partial charge in [-0.05, 0) is 55.0 Å². The third-order valence-corrected chi connectivity index (χ3v) is 6.31. The van der Waals surface area contributed by atoms with Crippen LogP contribution in [0.1, 0.15) is 27.4 Å². The minimum atomic E-state index is -1.16. The molecule has 1 saturated heterocycles. The molecule has 0 saturated carbocycles. The molecule has 10 heteroatoms. The molecule has 0 unspecified atom stereocenters. The van der Waals surface area contributed by atoms with Crippen LogP contribution in [-0.2, 0) is 16.1 Å². The molecule has 5 rings (SSSR count). The van der Waals surface area contributed by atoms with Gasteiger partial charge in [-0.1, -0.05) is 34.1 Å². The van der Waals surface area contributed by atoms with Crippen molar-refractivity contribution in [2.24, 2.45) is 0 Å². The maximum absolute atomic E-state index is 13.4.